The van der Waals surface area contributed by atoms with Gasteiger partial charge in [-0.3, -0.25) is 4.79 Å². The number of carbonyl (C=O) groups excluding carboxylic acids is 2. The molecule has 2 atom stereocenters. The molecule has 0 bridgehead atoms. The zero-order valence-electron chi connectivity index (χ0n) is 5.50. The van der Waals surface area contributed by atoms with Crippen LogP contribution in [0.5, 0.6) is 0 Å². The number of hydrogen-bond acceptors (Lipinski definition) is 2. The Balaban J connectivity index is 3.86. The average Bonchev–Trinajstić information content (AvgIpc) is 1.84. The highest BCUT2D eigenvalue weighted by molar-refractivity contribution is 5.78. The maximum atomic E-state index is 10.1. The van der Waals surface area contributed by atoms with Crippen molar-refractivity contribution in [1.82, 2.24) is 5.73 Å². The highest BCUT2D eigenvalue weighted by Gasteiger charge is 2.17. The van der Waals surface area contributed by atoms with E-state index in [4.69, 9.17) is 5.73 Å². The van der Waals surface area contributed by atoms with Gasteiger partial charge in [0.15, 0.2) is 0 Å². The number of nitrogens with zero attached hydrogens (tertiary/aromatic N) is 1. The van der Waals surface area contributed by atoms with Crippen molar-refractivity contribution < 1.29 is 9.59 Å². The van der Waals surface area contributed by atoms with Crippen LogP contribution in [0.3, 0.4) is 0 Å². The predicted octanol–water partition coefficient (Wildman–Crippen LogP) is 0.0528. The third kappa shape index (κ3) is 2.26. The van der Waals surface area contributed by atoms with E-state index in [1.807, 2.05) is 0 Å². The lowest BCUT2D eigenvalue weighted by atomic mass is 9.97. The van der Waals surface area contributed by atoms with Crippen LogP contribution in [0.1, 0.15) is 13.8 Å². The number of carbonyl (C=O) groups is 2. The summed E-state index contributed by atoms with van der Waals surface area (Å²) in [5, 5.41) is 0. The molecule has 50 valence electrons. The summed E-state index contributed by atoms with van der Waals surface area (Å²) in [6.07, 6.45) is 0.652. The van der Waals surface area contributed by atoms with Gasteiger partial charge in [0.25, 0.3) is 5.91 Å². The van der Waals surface area contributed by atoms with Crippen LogP contribution in [0, 0.1) is 11.8 Å². The molecule has 2 radical (unpaired) electrons. The van der Waals surface area contributed by atoms with Crippen LogP contribution in [0.15, 0.2) is 0 Å². The molecule has 0 saturated carbocycles. The fourth-order valence-corrected chi connectivity index (χ4v) is 0.343. The van der Waals surface area contributed by atoms with Gasteiger partial charge in [0.2, 0.25) is 0 Å². The SMILES string of the molecule is CC(C=O)C(C)C([N])=O. The molecule has 9 heavy (non-hydrogen) atoms. The first kappa shape index (κ1) is 8.14. The Morgan fingerprint density at radius 3 is 2.11 bits per heavy atom. The minimum absolute atomic E-state index is 0.387. The number of amides is 1. The van der Waals surface area contributed by atoms with Crippen molar-refractivity contribution >= 4 is 12.2 Å². The Morgan fingerprint density at radius 1 is 1.56 bits per heavy atom. The topological polar surface area (TPSA) is 56.4 Å². The maximum Gasteiger partial charge on any atom is 0.268 e. The lowest BCUT2D eigenvalue weighted by molar-refractivity contribution is -0.126. The van der Waals surface area contributed by atoms with Crippen molar-refractivity contribution in [3.05, 3.63) is 0 Å². The Bertz CT molecular complexity index is 122. The zero-order chi connectivity index (χ0) is 7.44. The van der Waals surface area contributed by atoms with E-state index in [1.165, 1.54) is 6.92 Å². The van der Waals surface area contributed by atoms with Gasteiger partial charge in [0, 0.05) is 11.8 Å². The van der Waals surface area contributed by atoms with E-state index in [0.717, 1.165) is 0 Å². The van der Waals surface area contributed by atoms with Crippen molar-refractivity contribution in [3.63, 3.8) is 0 Å². The summed E-state index contributed by atoms with van der Waals surface area (Å²) < 4.78 is 0. The van der Waals surface area contributed by atoms with Crippen LogP contribution in [0.25, 0.3) is 0 Å². The highest BCUT2D eigenvalue weighted by Crippen LogP contribution is 2.06. The van der Waals surface area contributed by atoms with E-state index in [0.29, 0.717) is 6.29 Å². The summed E-state index contributed by atoms with van der Waals surface area (Å²) in [6.45, 7) is 3.10. The number of aldehydes is 1. The normalized spacial score (nSPS) is 16.2. The molecule has 0 rings (SSSR count). The van der Waals surface area contributed by atoms with E-state index in [-0.39, 0.29) is 5.92 Å². The molecule has 0 N–H and O–H groups in total. The molecule has 0 aliphatic carbocycles. The van der Waals surface area contributed by atoms with E-state index in [2.05, 4.69) is 0 Å². The maximum absolute atomic E-state index is 10.1. The summed E-state index contributed by atoms with van der Waals surface area (Å²) in [4.78, 5) is 20.1. The molecule has 0 heterocycles. The number of rotatable bonds is 3. The summed E-state index contributed by atoms with van der Waals surface area (Å²) >= 11 is 0. The summed E-state index contributed by atoms with van der Waals surface area (Å²) in [5.74, 6) is -1.88. The lowest BCUT2D eigenvalue weighted by Gasteiger charge is -2.05. The van der Waals surface area contributed by atoms with Gasteiger partial charge in [0.05, 0.1) is 0 Å². The molecular formula is C6H9NO2. The van der Waals surface area contributed by atoms with Crippen LogP contribution < -0.4 is 5.73 Å². The minimum Gasteiger partial charge on any atom is -0.303 e. The van der Waals surface area contributed by atoms with Gasteiger partial charge < -0.3 is 4.79 Å². The van der Waals surface area contributed by atoms with Crippen LogP contribution in [0.2, 0.25) is 0 Å². The second kappa shape index (κ2) is 3.22. The van der Waals surface area contributed by atoms with Gasteiger partial charge in [0.1, 0.15) is 6.29 Å². The largest absolute Gasteiger partial charge is 0.303 e. The van der Waals surface area contributed by atoms with Gasteiger partial charge in [-0.2, -0.15) is 0 Å². The van der Waals surface area contributed by atoms with Crippen molar-refractivity contribution in [3.8, 4) is 0 Å². The van der Waals surface area contributed by atoms with Gasteiger partial charge in [-0.05, 0) is 0 Å². The van der Waals surface area contributed by atoms with E-state index in [1.54, 1.807) is 6.92 Å². The Hall–Kier alpha value is -0.860. The van der Waals surface area contributed by atoms with Crippen molar-refractivity contribution in [2.45, 2.75) is 13.8 Å². The second-order valence-electron chi connectivity index (χ2n) is 2.12. The minimum atomic E-state index is -0.922. The molecule has 0 aromatic carbocycles. The first-order chi connectivity index (χ1) is 4.09. The van der Waals surface area contributed by atoms with E-state index >= 15 is 0 Å². The quantitative estimate of drug-likeness (QED) is 0.503. The average molecular weight is 127 g/mol. The van der Waals surface area contributed by atoms with E-state index < -0.39 is 11.8 Å². The molecule has 3 heteroatoms. The van der Waals surface area contributed by atoms with Gasteiger partial charge in [-0.1, -0.05) is 13.8 Å². The molecule has 0 spiro atoms. The highest BCUT2D eigenvalue weighted by atomic mass is 16.1. The summed E-state index contributed by atoms with van der Waals surface area (Å²) in [5.41, 5.74) is 8.32. The molecule has 0 aromatic rings. The molecular weight excluding hydrogens is 118 g/mol. The van der Waals surface area contributed by atoms with E-state index in [9.17, 15) is 9.59 Å². The van der Waals surface area contributed by atoms with Crippen molar-refractivity contribution in [2.24, 2.45) is 11.8 Å². The first-order valence-corrected chi connectivity index (χ1v) is 2.77. The predicted molar refractivity (Wildman–Crippen MR) is 31.5 cm³/mol. The van der Waals surface area contributed by atoms with Crippen LogP contribution in [-0.2, 0) is 9.59 Å². The standard InChI is InChI=1S/C6H9NO2/c1-4(3-8)5(2)6(7)9/h3-5H,1-2H3. The van der Waals surface area contributed by atoms with Gasteiger partial charge >= 0.3 is 0 Å². The second-order valence-corrected chi connectivity index (χ2v) is 2.12. The van der Waals surface area contributed by atoms with Gasteiger partial charge in [-0.25, -0.2) is 0 Å². The van der Waals surface area contributed by atoms with Crippen LogP contribution in [-0.4, -0.2) is 12.2 Å². The summed E-state index contributed by atoms with van der Waals surface area (Å²) in [6, 6.07) is 0. The fourth-order valence-electron chi connectivity index (χ4n) is 0.343. The van der Waals surface area contributed by atoms with Crippen LogP contribution in [0.4, 0.5) is 0 Å². The molecule has 0 saturated heterocycles. The van der Waals surface area contributed by atoms with Crippen LogP contribution >= 0.6 is 0 Å². The molecule has 0 fully saturated rings. The summed E-state index contributed by atoms with van der Waals surface area (Å²) in [7, 11) is 0. The third-order valence-electron chi connectivity index (χ3n) is 1.39. The fraction of sp³-hybridized carbons (Fsp3) is 0.667. The lowest BCUT2D eigenvalue weighted by Crippen LogP contribution is -2.20. The van der Waals surface area contributed by atoms with Crippen molar-refractivity contribution in [2.75, 3.05) is 0 Å². The van der Waals surface area contributed by atoms with Crippen molar-refractivity contribution in [1.29, 1.82) is 0 Å². The molecule has 0 aliphatic heterocycles. The molecule has 3 nitrogen and oxygen atoms in total. The smallest absolute Gasteiger partial charge is 0.268 e. The molecule has 1 amide bonds. The molecule has 0 aliphatic rings. The molecule has 2 unspecified atom stereocenters. The zero-order valence-corrected chi connectivity index (χ0v) is 5.50. The first-order valence-electron chi connectivity index (χ1n) is 2.77. The Morgan fingerprint density at radius 2 is 2.00 bits per heavy atom. The van der Waals surface area contributed by atoms with Gasteiger partial charge in [-0.15, -0.1) is 5.73 Å². The molecule has 0 aromatic heterocycles. The Labute approximate surface area is 54.2 Å². The monoisotopic (exact) mass is 127 g/mol. The number of hydrogen-bond donors (Lipinski definition) is 0. The third-order valence-corrected chi connectivity index (χ3v) is 1.39. The Kier molecular flexibility index (Phi) is 2.91.